The van der Waals surface area contributed by atoms with Crippen LogP contribution in [0.2, 0.25) is 0 Å². The number of hydrogen-bond acceptors (Lipinski definition) is 5. The van der Waals surface area contributed by atoms with Gasteiger partial charge in [-0.25, -0.2) is 14.0 Å². The van der Waals surface area contributed by atoms with Crippen molar-refractivity contribution in [2.24, 2.45) is 5.92 Å². The quantitative estimate of drug-likeness (QED) is 0.373. The van der Waals surface area contributed by atoms with Crippen LogP contribution in [0.3, 0.4) is 0 Å². The molecule has 1 aliphatic carbocycles. The van der Waals surface area contributed by atoms with Crippen molar-refractivity contribution in [3.63, 3.8) is 0 Å². The monoisotopic (exact) mass is 518 g/mol. The predicted molar refractivity (Wildman–Crippen MR) is 140 cm³/mol. The highest BCUT2D eigenvalue weighted by molar-refractivity contribution is 5.95. The van der Waals surface area contributed by atoms with Crippen molar-refractivity contribution in [2.75, 3.05) is 6.54 Å². The lowest BCUT2D eigenvalue weighted by molar-refractivity contribution is -0.147. The minimum Gasteiger partial charge on any atom is -0.459 e. The van der Waals surface area contributed by atoms with Gasteiger partial charge in [0.1, 0.15) is 25.1 Å². The molecule has 0 saturated heterocycles. The largest absolute Gasteiger partial charge is 0.459 e. The van der Waals surface area contributed by atoms with E-state index in [1.807, 2.05) is 43.3 Å². The second-order valence-electron chi connectivity index (χ2n) is 9.81. The number of nitrogens with one attached hydrogen (secondary N) is 2. The second-order valence-corrected chi connectivity index (χ2v) is 9.81. The van der Waals surface area contributed by atoms with E-state index in [4.69, 9.17) is 9.47 Å². The Labute approximate surface area is 221 Å². The summed E-state index contributed by atoms with van der Waals surface area (Å²) in [5.74, 6) is -1.42. The maximum absolute atomic E-state index is 14.3. The zero-order chi connectivity index (χ0) is 27.1. The average Bonchev–Trinajstić information content (AvgIpc) is 3.56. The number of benzene rings is 3. The van der Waals surface area contributed by atoms with Crippen LogP contribution in [-0.2, 0) is 32.9 Å². The van der Waals surface area contributed by atoms with E-state index in [9.17, 15) is 18.8 Å². The molecule has 0 heterocycles. The number of rotatable bonds is 10. The van der Waals surface area contributed by atoms with Crippen LogP contribution >= 0.6 is 0 Å². The average molecular weight is 519 g/mol. The molecular weight excluding hydrogens is 487 g/mol. The Bertz CT molecular complexity index is 1280. The van der Waals surface area contributed by atoms with Crippen molar-refractivity contribution >= 4 is 18.0 Å². The van der Waals surface area contributed by atoms with Crippen LogP contribution in [-0.4, -0.2) is 30.6 Å². The number of ether oxygens (including phenoxy) is 2. The van der Waals surface area contributed by atoms with Gasteiger partial charge in [-0.05, 0) is 52.6 Å². The minimum atomic E-state index is -1.22. The number of esters is 1. The van der Waals surface area contributed by atoms with Crippen LogP contribution < -0.4 is 10.6 Å². The van der Waals surface area contributed by atoms with E-state index in [0.29, 0.717) is 5.92 Å². The Morgan fingerprint density at radius 1 is 0.947 bits per heavy atom. The smallest absolute Gasteiger partial charge is 0.408 e. The number of halogens is 1. The van der Waals surface area contributed by atoms with E-state index in [1.54, 1.807) is 30.3 Å². The van der Waals surface area contributed by atoms with Gasteiger partial charge in [0.2, 0.25) is 0 Å². The molecule has 2 N–H and O–H groups in total. The molecule has 8 heteroatoms. The fraction of sp³-hybridized carbons (Fsp3) is 0.300. The van der Waals surface area contributed by atoms with Crippen LogP contribution in [0.15, 0.2) is 78.9 Å². The summed E-state index contributed by atoms with van der Waals surface area (Å²) >= 11 is 0. The maximum atomic E-state index is 14.3. The second kappa shape index (κ2) is 11.9. The van der Waals surface area contributed by atoms with Crippen LogP contribution in [0.25, 0.3) is 0 Å². The van der Waals surface area contributed by atoms with E-state index in [1.165, 1.54) is 6.07 Å². The first-order valence-corrected chi connectivity index (χ1v) is 12.5. The molecule has 0 aromatic heterocycles. The molecule has 0 radical (unpaired) electrons. The first-order chi connectivity index (χ1) is 18.2. The molecule has 1 saturated carbocycles. The number of carbonyl (C=O) groups excluding carboxylic acids is 3. The minimum absolute atomic E-state index is 0.00507. The van der Waals surface area contributed by atoms with Crippen LogP contribution in [0.4, 0.5) is 9.18 Å². The fourth-order valence-electron chi connectivity index (χ4n) is 4.26. The molecule has 2 amide bonds. The third kappa shape index (κ3) is 6.97. The molecule has 3 atom stereocenters. The van der Waals surface area contributed by atoms with Gasteiger partial charge < -0.3 is 20.1 Å². The van der Waals surface area contributed by atoms with Crippen molar-refractivity contribution in [3.8, 4) is 0 Å². The molecule has 7 nitrogen and oxygen atoms in total. The highest BCUT2D eigenvalue weighted by Gasteiger charge is 2.48. The Morgan fingerprint density at radius 3 is 2.11 bits per heavy atom. The normalized spacial score (nSPS) is 18.7. The molecule has 3 aromatic carbocycles. The zero-order valence-corrected chi connectivity index (χ0v) is 21.4. The van der Waals surface area contributed by atoms with Crippen molar-refractivity contribution in [1.82, 2.24) is 10.6 Å². The van der Waals surface area contributed by atoms with Gasteiger partial charge in [-0.3, -0.25) is 4.79 Å². The summed E-state index contributed by atoms with van der Waals surface area (Å²) in [6.07, 6.45) is 0.0791. The van der Waals surface area contributed by atoms with E-state index in [2.05, 4.69) is 17.6 Å². The van der Waals surface area contributed by atoms with Gasteiger partial charge in [-0.2, -0.15) is 0 Å². The van der Waals surface area contributed by atoms with Gasteiger partial charge in [-0.1, -0.05) is 74.5 Å². The first-order valence-electron chi connectivity index (χ1n) is 12.5. The summed E-state index contributed by atoms with van der Waals surface area (Å²) in [7, 11) is 0. The van der Waals surface area contributed by atoms with Crippen molar-refractivity contribution < 1.29 is 28.2 Å². The lowest BCUT2D eigenvalue weighted by Crippen LogP contribution is -2.49. The molecule has 1 fully saturated rings. The number of amides is 2. The van der Waals surface area contributed by atoms with Crippen LogP contribution in [0.5, 0.6) is 0 Å². The molecular formula is C30H31FN2O5. The van der Waals surface area contributed by atoms with Gasteiger partial charge in [0.25, 0.3) is 5.91 Å². The summed E-state index contributed by atoms with van der Waals surface area (Å²) in [6, 6.07) is 21.2. The standard InChI is InChI=1S/C30H31FN2O5/c1-20-16-30(20,2)24-13-23(14-25(31)15-24)27(34)32-17-26(28(35)37-18-21-9-5-3-6-10-21)33-29(36)38-19-22-11-7-4-8-12-22/h3-15,20,26H,16-19H2,1-2H3,(H,32,34)(H,33,36)/t20?,26-,30?/m1/s1. The van der Waals surface area contributed by atoms with E-state index in [-0.39, 0.29) is 30.7 Å². The molecule has 0 spiro atoms. The first kappa shape index (κ1) is 26.9. The van der Waals surface area contributed by atoms with Crippen molar-refractivity contribution in [3.05, 3.63) is 107 Å². The number of alkyl carbamates (subject to hydrolysis) is 1. The highest BCUT2D eigenvalue weighted by Crippen LogP contribution is 2.53. The topological polar surface area (TPSA) is 93.7 Å². The number of carbonyl (C=O) groups is 3. The lowest BCUT2D eigenvalue weighted by atomic mass is 9.94. The Balaban J connectivity index is 1.40. The molecule has 1 aliphatic rings. The van der Waals surface area contributed by atoms with Crippen molar-refractivity contribution in [1.29, 1.82) is 0 Å². The third-order valence-electron chi connectivity index (χ3n) is 6.96. The molecule has 4 rings (SSSR count). The molecule has 0 bridgehead atoms. The fourth-order valence-corrected chi connectivity index (χ4v) is 4.26. The van der Waals surface area contributed by atoms with E-state index < -0.39 is 29.8 Å². The Morgan fingerprint density at radius 2 is 1.53 bits per heavy atom. The van der Waals surface area contributed by atoms with Crippen molar-refractivity contribution in [2.45, 2.75) is 44.9 Å². The van der Waals surface area contributed by atoms with Crippen LogP contribution in [0.1, 0.15) is 47.3 Å². The van der Waals surface area contributed by atoms with Gasteiger partial charge in [-0.15, -0.1) is 0 Å². The summed E-state index contributed by atoms with van der Waals surface area (Å²) in [6.45, 7) is 3.85. The SMILES string of the molecule is CC1CC1(C)c1cc(F)cc(C(=O)NC[C@@H](NC(=O)OCc2ccccc2)C(=O)OCc2ccccc2)c1. The summed E-state index contributed by atoms with van der Waals surface area (Å²) in [5.41, 5.74) is 2.29. The van der Waals surface area contributed by atoms with Gasteiger partial charge in [0.15, 0.2) is 0 Å². The Hall–Kier alpha value is -4.20. The third-order valence-corrected chi connectivity index (χ3v) is 6.96. The van der Waals surface area contributed by atoms with E-state index in [0.717, 1.165) is 29.2 Å². The van der Waals surface area contributed by atoms with Crippen LogP contribution in [0, 0.1) is 11.7 Å². The maximum Gasteiger partial charge on any atom is 0.408 e. The molecule has 3 aromatic rings. The molecule has 2 unspecified atom stereocenters. The van der Waals surface area contributed by atoms with Gasteiger partial charge >= 0.3 is 12.1 Å². The lowest BCUT2D eigenvalue weighted by Gasteiger charge is -2.19. The summed E-state index contributed by atoms with van der Waals surface area (Å²) in [4.78, 5) is 38.2. The highest BCUT2D eigenvalue weighted by atomic mass is 19.1. The summed E-state index contributed by atoms with van der Waals surface area (Å²) < 4.78 is 24.9. The van der Waals surface area contributed by atoms with Gasteiger partial charge in [0, 0.05) is 12.1 Å². The zero-order valence-electron chi connectivity index (χ0n) is 21.4. The number of hydrogen-bond donors (Lipinski definition) is 2. The van der Waals surface area contributed by atoms with Gasteiger partial charge in [0.05, 0.1) is 0 Å². The molecule has 0 aliphatic heterocycles. The summed E-state index contributed by atoms with van der Waals surface area (Å²) in [5, 5.41) is 5.09. The van der Waals surface area contributed by atoms with E-state index >= 15 is 0 Å². The Kier molecular flexibility index (Phi) is 8.41. The predicted octanol–water partition coefficient (Wildman–Crippen LogP) is 4.89. The molecule has 38 heavy (non-hydrogen) atoms. The molecule has 198 valence electrons.